The molecule has 0 aliphatic heterocycles. The Kier molecular flexibility index (Phi) is 23.3. The molecule has 0 aromatic heterocycles. The molecule has 134 valence electrons. The maximum absolute atomic E-state index is 10.3. The van der Waals surface area contributed by atoms with E-state index in [0.717, 1.165) is 26.1 Å². The predicted octanol–water partition coefficient (Wildman–Crippen LogP) is 2.03. The van der Waals surface area contributed by atoms with E-state index in [1.54, 1.807) is 0 Å². The zero-order valence-electron chi connectivity index (χ0n) is 15.8. The summed E-state index contributed by atoms with van der Waals surface area (Å²) in [5, 5.41) is 0. The number of esters is 2. The van der Waals surface area contributed by atoms with Gasteiger partial charge in [0.15, 0.2) is 0 Å². The van der Waals surface area contributed by atoms with Gasteiger partial charge >= 0.3 is 11.9 Å². The summed E-state index contributed by atoms with van der Waals surface area (Å²) < 4.78 is 9.44. The van der Waals surface area contributed by atoms with Crippen molar-refractivity contribution in [2.45, 2.75) is 41.0 Å². The van der Waals surface area contributed by atoms with Crippen LogP contribution >= 0.6 is 0 Å². The summed E-state index contributed by atoms with van der Waals surface area (Å²) in [4.78, 5) is 24.7. The van der Waals surface area contributed by atoms with Crippen molar-refractivity contribution >= 4 is 11.9 Å². The van der Waals surface area contributed by atoms with Gasteiger partial charge in [-0.25, -0.2) is 0 Å². The smallest absolute Gasteiger partial charge is 0.302 e. The fraction of sp³-hybridized carbons (Fsp3) is 0.875. The van der Waals surface area contributed by atoms with E-state index >= 15 is 0 Å². The van der Waals surface area contributed by atoms with Crippen LogP contribution in [0.5, 0.6) is 0 Å². The Labute approximate surface area is 136 Å². The van der Waals surface area contributed by atoms with Crippen molar-refractivity contribution in [3.8, 4) is 0 Å². The number of ether oxygens (including phenoxy) is 2. The highest BCUT2D eigenvalue weighted by Gasteiger charge is 1.95. The fourth-order valence-electron chi connectivity index (χ4n) is 1.08. The zero-order valence-corrected chi connectivity index (χ0v) is 15.8. The lowest BCUT2D eigenvalue weighted by Crippen LogP contribution is -2.20. The molecule has 0 heterocycles. The second kappa shape index (κ2) is 19.9. The standard InChI is InChI=1S/C8H17NO2.C6H13NO2.C2H6/c1-4-9(3)6-5-7-11-8(2)10;1-6(8)9-5-4-7(2)3;1-2/h4-7H2,1-3H3;4-5H2,1-3H3;1-2H3. The molecule has 0 N–H and O–H groups in total. The van der Waals surface area contributed by atoms with Gasteiger partial charge in [0.25, 0.3) is 0 Å². The van der Waals surface area contributed by atoms with Crippen molar-refractivity contribution in [1.29, 1.82) is 0 Å². The maximum Gasteiger partial charge on any atom is 0.302 e. The fourth-order valence-corrected chi connectivity index (χ4v) is 1.08. The number of rotatable bonds is 8. The first kappa shape index (κ1) is 25.8. The van der Waals surface area contributed by atoms with Crippen molar-refractivity contribution in [3.63, 3.8) is 0 Å². The lowest BCUT2D eigenvalue weighted by molar-refractivity contribution is -0.142. The Balaban J connectivity index is -0.000000299. The van der Waals surface area contributed by atoms with Gasteiger partial charge in [-0.15, -0.1) is 0 Å². The van der Waals surface area contributed by atoms with E-state index in [-0.39, 0.29) is 11.9 Å². The van der Waals surface area contributed by atoms with E-state index in [9.17, 15) is 9.59 Å². The van der Waals surface area contributed by atoms with Crippen LogP contribution in [-0.2, 0) is 19.1 Å². The molecule has 0 amide bonds. The Morgan fingerprint density at radius 2 is 1.32 bits per heavy atom. The lowest BCUT2D eigenvalue weighted by atomic mass is 10.4. The number of hydrogen-bond donors (Lipinski definition) is 0. The van der Waals surface area contributed by atoms with Gasteiger partial charge in [-0.1, -0.05) is 20.8 Å². The SMILES string of the molecule is CC.CC(=O)OCCN(C)C.CCN(C)CCCOC(C)=O. The first-order valence-corrected chi connectivity index (χ1v) is 7.89. The minimum Gasteiger partial charge on any atom is -0.466 e. The van der Waals surface area contributed by atoms with Crippen LogP contribution in [0.3, 0.4) is 0 Å². The second-order valence-electron chi connectivity index (χ2n) is 4.73. The summed E-state index contributed by atoms with van der Waals surface area (Å²) in [7, 11) is 5.92. The summed E-state index contributed by atoms with van der Waals surface area (Å²) >= 11 is 0. The summed E-state index contributed by atoms with van der Waals surface area (Å²) in [6.07, 6.45) is 0.921. The monoisotopic (exact) mass is 320 g/mol. The van der Waals surface area contributed by atoms with Gasteiger partial charge in [0.1, 0.15) is 6.61 Å². The van der Waals surface area contributed by atoms with Gasteiger partial charge < -0.3 is 19.3 Å². The number of likely N-dealkylation sites (N-methyl/N-ethyl adjacent to an activating group) is 1. The molecule has 0 fully saturated rings. The van der Waals surface area contributed by atoms with Crippen molar-refractivity contribution in [3.05, 3.63) is 0 Å². The molecule has 22 heavy (non-hydrogen) atoms. The van der Waals surface area contributed by atoms with Crippen molar-refractivity contribution in [2.75, 3.05) is 54.0 Å². The van der Waals surface area contributed by atoms with Crippen molar-refractivity contribution in [1.82, 2.24) is 9.80 Å². The molecule has 0 aromatic rings. The van der Waals surface area contributed by atoms with E-state index in [1.165, 1.54) is 13.8 Å². The van der Waals surface area contributed by atoms with E-state index in [4.69, 9.17) is 4.74 Å². The normalized spacial score (nSPS) is 9.36. The first-order chi connectivity index (χ1) is 10.3. The molecule has 0 radical (unpaired) electrons. The largest absolute Gasteiger partial charge is 0.466 e. The van der Waals surface area contributed by atoms with Crippen LogP contribution in [0.1, 0.15) is 41.0 Å². The summed E-state index contributed by atoms with van der Waals surface area (Å²) in [6.45, 7) is 12.8. The lowest BCUT2D eigenvalue weighted by Gasteiger charge is -2.12. The number of nitrogens with zero attached hydrogens (tertiary/aromatic N) is 2. The van der Waals surface area contributed by atoms with E-state index in [2.05, 4.69) is 16.6 Å². The molecule has 0 saturated carbocycles. The van der Waals surface area contributed by atoms with E-state index in [0.29, 0.717) is 13.2 Å². The summed E-state index contributed by atoms with van der Waals surface area (Å²) in [6, 6.07) is 0. The second-order valence-corrected chi connectivity index (χ2v) is 4.73. The van der Waals surface area contributed by atoms with Crippen molar-refractivity contribution in [2.24, 2.45) is 0 Å². The summed E-state index contributed by atoms with van der Waals surface area (Å²) in [5.41, 5.74) is 0. The molecule has 0 saturated heterocycles. The average molecular weight is 320 g/mol. The highest BCUT2D eigenvalue weighted by molar-refractivity contribution is 5.66. The minimum absolute atomic E-state index is 0.191. The Hall–Kier alpha value is -1.14. The highest BCUT2D eigenvalue weighted by Crippen LogP contribution is 1.88. The van der Waals surface area contributed by atoms with Crippen LogP contribution in [0, 0.1) is 0 Å². The Bertz CT molecular complexity index is 259. The third-order valence-electron chi connectivity index (χ3n) is 2.37. The molecule has 6 heteroatoms. The molecule has 0 aliphatic rings. The van der Waals surface area contributed by atoms with Crippen LogP contribution in [-0.4, -0.2) is 75.7 Å². The minimum atomic E-state index is -0.211. The topological polar surface area (TPSA) is 59.1 Å². The van der Waals surface area contributed by atoms with Crippen LogP contribution in [0.4, 0.5) is 0 Å². The zero-order chi connectivity index (χ0) is 18.0. The van der Waals surface area contributed by atoms with Gasteiger partial charge in [-0.05, 0) is 34.1 Å². The van der Waals surface area contributed by atoms with Crippen LogP contribution in [0.25, 0.3) is 0 Å². The molecule has 0 aliphatic carbocycles. The van der Waals surface area contributed by atoms with E-state index < -0.39 is 0 Å². The first-order valence-electron chi connectivity index (χ1n) is 7.89. The molecular formula is C16H36N2O4. The predicted molar refractivity (Wildman–Crippen MR) is 91.0 cm³/mol. The molecule has 0 atom stereocenters. The molecule has 0 aromatic carbocycles. The molecule has 0 spiro atoms. The third-order valence-corrected chi connectivity index (χ3v) is 2.37. The molecular weight excluding hydrogens is 284 g/mol. The average Bonchev–Trinajstić information content (AvgIpc) is 2.45. The van der Waals surface area contributed by atoms with Gasteiger partial charge in [0.2, 0.25) is 0 Å². The van der Waals surface area contributed by atoms with Crippen LogP contribution in [0.2, 0.25) is 0 Å². The quantitative estimate of drug-likeness (QED) is 0.504. The molecule has 0 unspecified atom stereocenters. The molecule has 0 rings (SSSR count). The number of carbonyl (C=O) groups excluding carboxylic acids is 2. The maximum atomic E-state index is 10.3. The summed E-state index contributed by atoms with van der Waals surface area (Å²) in [5.74, 6) is -0.402. The van der Waals surface area contributed by atoms with Crippen LogP contribution < -0.4 is 0 Å². The third kappa shape index (κ3) is 31.3. The molecule has 6 nitrogen and oxygen atoms in total. The number of carbonyl (C=O) groups is 2. The van der Waals surface area contributed by atoms with Gasteiger partial charge in [-0.2, -0.15) is 0 Å². The van der Waals surface area contributed by atoms with Gasteiger partial charge in [-0.3, -0.25) is 9.59 Å². The van der Waals surface area contributed by atoms with Gasteiger partial charge in [0.05, 0.1) is 6.61 Å². The highest BCUT2D eigenvalue weighted by atomic mass is 16.5. The van der Waals surface area contributed by atoms with Crippen LogP contribution in [0.15, 0.2) is 0 Å². The van der Waals surface area contributed by atoms with Gasteiger partial charge in [0, 0.05) is 26.9 Å². The Morgan fingerprint density at radius 1 is 0.864 bits per heavy atom. The van der Waals surface area contributed by atoms with Crippen molar-refractivity contribution < 1.29 is 19.1 Å². The number of hydrogen-bond acceptors (Lipinski definition) is 6. The molecule has 0 bridgehead atoms. The Morgan fingerprint density at radius 3 is 1.68 bits per heavy atom. The van der Waals surface area contributed by atoms with E-state index in [1.807, 2.05) is 39.9 Å².